The van der Waals surface area contributed by atoms with Crippen LogP contribution in [0.5, 0.6) is 5.75 Å². The maximum absolute atomic E-state index is 9.04. The first kappa shape index (κ1) is 11.5. The zero-order valence-corrected chi connectivity index (χ0v) is 10.0. The van der Waals surface area contributed by atoms with E-state index in [9.17, 15) is 0 Å². The Hall–Kier alpha value is -1.98. The summed E-state index contributed by atoms with van der Waals surface area (Å²) >= 11 is 6.07. The lowest BCUT2D eigenvalue weighted by molar-refractivity contribution is 0.415. The van der Waals surface area contributed by atoms with Crippen molar-refractivity contribution in [1.29, 1.82) is 5.26 Å². The van der Waals surface area contributed by atoms with Gasteiger partial charge < -0.3 is 4.74 Å². The van der Waals surface area contributed by atoms with Gasteiger partial charge in [-0.15, -0.1) is 0 Å². The predicted molar refractivity (Wildman–Crippen MR) is 68.2 cm³/mol. The average Bonchev–Trinajstić information content (AvgIpc) is 2.38. The number of nitriles is 1. The minimum absolute atomic E-state index is 0.540. The van der Waals surface area contributed by atoms with E-state index >= 15 is 0 Å². The lowest BCUT2D eigenvalue weighted by Crippen LogP contribution is -1.87. The Labute approximate surface area is 105 Å². The normalized spacial score (nSPS) is 9.71. The van der Waals surface area contributed by atoms with E-state index in [1.165, 1.54) is 0 Å². The van der Waals surface area contributed by atoms with Crippen LogP contribution in [0, 0.1) is 11.3 Å². The third-order valence-corrected chi connectivity index (χ3v) is 2.81. The second-order valence-corrected chi connectivity index (χ2v) is 3.91. The van der Waals surface area contributed by atoms with Gasteiger partial charge in [-0.1, -0.05) is 35.9 Å². The predicted octanol–water partition coefficient (Wildman–Crippen LogP) is 3.89. The second-order valence-electron chi connectivity index (χ2n) is 3.51. The van der Waals surface area contributed by atoms with Crippen LogP contribution in [-0.4, -0.2) is 7.11 Å². The van der Waals surface area contributed by atoms with E-state index in [1.54, 1.807) is 25.3 Å². The van der Waals surface area contributed by atoms with E-state index in [-0.39, 0.29) is 0 Å². The third-order valence-electron chi connectivity index (χ3n) is 2.51. The standard InChI is InChI=1S/C14H10ClNO/c1-17-14-7-6-10(8-13(14)15)12-5-3-2-4-11(12)9-16/h2-8H,1H3. The lowest BCUT2D eigenvalue weighted by atomic mass is 10.0. The van der Waals surface area contributed by atoms with Crippen LogP contribution in [0.3, 0.4) is 0 Å². The molecule has 0 aliphatic rings. The molecule has 84 valence electrons. The first-order valence-electron chi connectivity index (χ1n) is 5.09. The van der Waals surface area contributed by atoms with E-state index in [1.807, 2.05) is 24.3 Å². The van der Waals surface area contributed by atoms with Crippen molar-refractivity contribution in [3.05, 3.63) is 53.1 Å². The van der Waals surface area contributed by atoms with Gasteiger partial charge in [0, 0.05) is 0 Å². The fraction of sp³-hybridized carbons (Fsp3) is 0.0714. The summed E-state index contributed by atoms with van der Waals surface area (Å²) in [6, 6.07) is 15.1. The van der Waals surface area contributed by atoms with Crippen molar-refractivity contribution < 1.29 is 4.74 Å². The molecule has 0 amide bonds. The van der Waals surface area contributed by atoms with Crippen LogP contribution >= 0.6 is 11.6 Å². The van der Waals surface area contributed by atoms with E-state index in [0.29, 0.717) is 16.3 Å². The van der Waals surface area contributed by atoms with Gasteiger partial charge in [-0.05, 0) is 29.3 Å². The van der Waals surface area contributed by atoms with Crippen molar-refractivity contribution in [2.24, 2.45) is 0 Å². The Kier molecular flexibility index (Phi) is 3.32. The topological polar surface area (TPSA) is 33.0 Å². The number of methoxy groups -OCH3 is 1. The molecule has 0 N–H and O–H groups in total. The van der Waals surface area contributed by atoms with E-state index in [4.69, 9.17) is 21.6 Å². The maximum Gasteiger partial charge on any atom is 0.137 e. The molecule has 0 aromatic heterocycles. The molecule has 0 aliphatic heterocycles. The molecule has 2 aromatic rings. The molecule has 2 aromatic carbocycles. The average molecular weight is 244 g/mol. The van der Waals surface area contributed by atoms with Crippen molar-refractivity contribution in [3.63, 3.8) is 0 Å². The number of hydrogen-bond acceptors (Lipinski definition) is 2. The van der Waals surface area contributed by atoms with Gasteiger partial charge in [-0.3, -0.25) is 0 Å². The number of rotatable bonds is 2. The molecule has 0 heterocycles. The van der Waals surface area contributed by atoms with Crippen LogP contribution in [0.4, 0.5) is 0 Å². The molecule has 3 heteroatoms. The highest BCUT2D eigenvalue weighted by molar-refractivity contribution is 6.32. The van der Waals surface area contributed by atoms with Gasteiger partial charge in [0.25, 0.3) is 0 Å². The summed E-state index contributed by atoms with van der Waals surface area (Å²) in [5, 5.41) is 9.58. The fourth-order valence-corrected chi connectivity index (χ4v) is 1.92. The molecular weight excluding hydrogens is 234 g/mol. The molecule has 2 rings (SSSR count). The Morgan fingerprint density at radius 3 is 2.59 bits per heavy atom. The highest BCUT2D eigenvalue weighted by Crippen LogP contribution is 2.31. The maximum atomic E-state index is 9.04. The number of ether oxygens (including phenoxy) is 1. The van der Waals surface area contributed by atoms with Gasteiger partial charge in [-0.2, -0.15) is 5.26 Å². The first-order valence-corrected chi connectivity index (χ1v) is 5.47. The van der Waals surface area contributed by atoms with Crippen LogP contribution in [0.15, 0.2) is 42.5 Å². The number of halogens is 1. The SMILES string of the molecule is COc1ccc(-c2ccccc2C#N)cc1Cl. The number of benzene rings is 2. The highest BCUT2D eigenvalue weighted by Gasteiger charge is 2.07. The Bertz CT molecular complexity index is 587. The van der Waals surface area contributed by atoms with Crippen molar-refractivity contribution in [2.45, 2.75) is 0 Å². The molecule has 0 aliphatic carbocycles. The molecule has 17 heavy (non-hydrogen) atoms. The zero-order chi connectivity index (χ0) is 12.3. The van der Waals surface area contributed by atoms with Crippen LogP contribution in [-0.2, 0) is 0 Å². The smallest absolute Gasteiger partial charge is 0.137 e. The van der Waals surface area contributed by atoms with Gasteiger partial charge in [0.15, 0.2) is 0 Å². The summed E-state index contributed by atoms with van der Waals surface area (Å²) in [5.41, 5.74) is 2.42. The largest absolute Gasteiger partial charge is 0.495 e. The minimum Gasteiger partial charge on any atom is -0.495 e. The molecular formula is C14H10ClNO. The minimum atomic E-state index is 0.540. The molecule has 0 unspecified atom stereocenters. The fourth-order valence-electron chi connectivity index (χ4n) is 1.67. The monoisotopic (exact) mass is 243 g/mol. The number of hydrogen-bond donors (Lipinski definition) is 0. The van der Waals surface area contributed by atoms with Crippen molar-refractivity contribution in [1.82, 2.24) is 0 Å². The van der Waals surface area contributed by atoms with Crippen LogP contribution in [0.1, 0.15) is 5.56 Å². The van der Waals surface area contributed by atoms with Gasteiger partial charge in [0.1, 0.15) is 5.75 Å². The van der Waals surface area contributed by atoms with Crippen molar-refractivity contribution in [3.8, 4) is 22.9 Å². The molecule has 0 atom stereocenters. The summed E-state index contributed by atoms with van der Waals surface area (Å²) in [6.07, 6.45) is 0. The molecule has 0 fully saturated rings. The van der Waals surface area contributed by atoms with Crippen molar-refractivity contribution >= 4 is 11.6 Å². The first-order chi connectivity index (χ1) is 8.26. The summed E-state index contributed by atoms with van der Waals surface area (Å²) in [4.78, 5) is 0. The van der Waals surface area contributed by atoms with Crippen LogP contribution in [0.25, 0.3) is 11.1 Å². The van der Waals surface area contributed by atoms with Gasteiger partial charge in [-0.25, -0.2) is 0 Å². The second kappa shape index (κ2) is 4.90. The van der Waals surface area contributed by atoms with Crippen LogP contribution in [0.2, 0.25) is 5.02 Å². The molecule has 0 bridgehead atoms. The van der Waals surface area contributed by atoms with E-state index in [0.717, 1.165) is 11.1 Å². The zero-order valence-electron chi connectivity index (χ0n) is 9.27. The summed E-state index contributed by atoms with van der Waals surface area (Å²) in [6.45, 7) is 0. The number of nitrogens with zero attached hydrogens (tertiary/aromatic N) is 1. The Morgan fingerprint density at radius 1 is 1.18 bits per heavy atom. The molecule has 0 radical (unpaired) electrons. The van der Waals surface area contributed by atoms with Gasteiger partial charge >= 0.3 is 0 Å². The summed E-state index contributed by atoms with van der Waals surface area (Å²) < 4.78 is 5.10. The van der Waals surface area contributed by atoms with E-state index in [2.05, 4.69) is 6.07 Å². The molecule has 0 saturated heterocycles. The molecule has 0 saturated carbocycles. The quantitative estimate of drug-likeness (QED) is 0.802. The molecule has 2 nitrogen and oxygen atoms in total. The Morgan fingerprint density at radius 2 is 1.94 bits per heavy atom. The Balaban J connectivity index is 2.54. The molecule has 0 spiro atoms. The summed E-state index contributed by atoms with van der Waals surface area (Å²) in [7, 11) is 1.57. The highest BCUT2D eigenvalue weighted by atomic mass is 35.5. The van der Waals surface area contributed by atoms with Gasteiger partial charge in [0.05, 0.1) is 23.8 Å². The lowest BCUT2D eigenvalue weighted by Gasteiger charge is -2.07. The third kappa shape index (κ3) is 2.25. The summed E-state index contributed by atoms with van der Waals surface area (Å²) in [5.74, 6) is 0.629. The van der Waals surface area contributed by atoms with E-state index < -0.39 is 0 Å². The van der Waals surface area contributed by atoms with Crippen LogP contribution < -0.4 is 4.74 Å². The van der Waals surface area contributed by atoms with Gasteiger partial charge in [0.2, 0.25) is 0 Å². The van der Waals surface area contributed by atoms with Crippen molar-refractivity contribution in [2.75, 3.05) is 7.11 Å².